The summed E-state index contributed by atoms with van der Waals surface area (Å²) in [6.45, 7) is 5.64. The average molecular weight is 272 g/mol. The normalized spacial score (nSPS) is 22.9. The summed E-state index contributed by atoms with van der Waals surface area (Å²) < 4.78 is 10.5. The second-order valence-corrected chi connectivity index (χ2v) is 5.27. The number of aliphatic carboxylic acids is 1. The predicted octanol–water partition coefficient (Wildman–Crippen LogP) is -0.979. The second-order valence-electron chi connectivity index (χ2n) is 5.27. The predicted molar refractivity (Wildman–Crippen MR) is 65.8 cm³/mol. The minimum atomic E-state index is -0.968. The SMILES string of the molecule is CC1(OCC(=O)O)CN(CC(=O)N2CCOCC2)C1. The first-order valence-electron chi connectivity index (χ1n) is 6.42. The Balaban J connectivity index is 1.68. The minimum Gasteiger partial charge on any atom is -0.480 e. The maximum atomic E-state index is 12.0. The van der Waals surface area contributed by atoms with Gasteiger partial charge in [-0.1, -0.05) is 0 Å². The van der Waals surface area contributed by atoms with Crippen LogP contribution >= 0.6 is 0 Å². The van der Waals surface area contributed by atoms with Crippen LogP contribution in [0.2, 0.25) is 0 Å². The van der Waals surface area contributed by atoms with Crippen LogP contribution in [-0.2, 0) is 19.1 Å². The van der Waals surface area contributed by atoms with Gasteiger partial charge in [-0.3, -0.25) is 9.69 Å². The van der Waals surface area contributed by atoms with E-state index in [9.17, 15) is 9.59 Å². The molecule has 0 unspecified atom stereocenters. The quantitative estimate of drug-likeness (QED) is 0.693. The molecule has 0 bridgehead atoms. The summed E-state index contributed by atoms with van der Waals surface area (Å²) in [5, 5.41) is 8.57. The third kappa shape index (κ3) is 3.89. The Morgan fingerprint density at radius 1 is 1.32 bits per heavy atom. The fraction of sp³-hybridized carbons (Fsp3) is 0.833. The molecule has 0 spiro atoms. The van der Waals surface area contributed by atoms with E-state index in [2.05, 4.69) is 0 Å². The van der Waals surface area contributed by atoms with Crippen molar-refractivity contribution >= 4 is 11.9 Å². The van der Waals surface area contributed by atoms with Crippen LogP contribution in [0.1, 0.15) is 6.92 Å². The molecule has 19 heavy (non-hydrogen) atoms. The van der Waals surface area contributed by atoms with Gasteiger partial charge in [-0.15, -0.1) is 0 Å². The van der Waals surface area contributed by atoms with Crippen LogP contribution in [0.3, 0.4) is 0 Å². The van der Waals surface area contributed by atoms with Gasteiger partial charge in [0.1, 0.15) is 6.61 Å². The first-order valence-corrected chi connectivity index (χ1v) is 6.42. The van der Waals surface area contributed by atoms with E-state index < -0.39 is 11.6 Å². The fourth-order valence-electron chi connectivity index (χ4n) is 2.44. The van der Waals surface area contributed by atoms with E-state index in [1.165, 1.54) is 0 Å². The van der Waals surface area contributed by atoms with Gasteiger partial charge in [0.05, 0.1) is 25.4 Å². The number of carbonyl (C=O) groups is 2. The van der Waals surface area contributed by atoms with Gasteiger partial charge in [0.15, 0.2) is 0 Å². The molecule has 0 radical (unpaired) electrons. The number of carboxylic acid groups (broad SMARTS) is 1. The Morgan fingerprint density at radius 3 is 2.53 bits per heavy atom. The smallest absolute Gasteiger partial charge is 0.329 e. The maximum Gasteiger partial charge on any atom is 0.329 e. The lowest BCUT2D eigenvalue weighted by Gasteiger charge is -2.47. The van der Waals surface area contributed by atoms with Gasteiger partial charge in [0.25, 0.3) is 0 Å². The van der Waals surface area contributed by atoms with E-state index in [1.54, 1.807) is 4.90 Å². The zero-order chi connectivity index (χ0) is 13.9. The van der Waals surface area contributed by atoms with E-state index in [0.717, 1.165) is 0 Å². The molecule has 1 N–H and O–H groups in total. The zero-order valence-electron chi connectivity index (χ0n) is 11.1. The molecule has 0 atom stereocenters. The highest BCUT2D eigenvalue weighted by Gasteiger charge is 2.41. The second kappa shape index (κ2) is 5.85. The van der Waals surface area contributed by atoms with Crippen LogP contribution in [0.25, 0.3) is 0 Å². The van der Waals surface area contributed by atoms with Crippen molar-refractivity contribution in [2.75, 3.05) is 52.5 Å². The van der Waals surface area contributed by atoms with Gasteiger partial charge in [0, 0.05) is 26.2 Å². The van der Waals surface area contributed by atoms with Crippen LogP contribution in [0.4, 0.5) is 0 Å². The topological polar surface area (TPSA) is 79.3 Å². The first-order chi connectivity index (χ1) is 8.98. The van der Waals surface area contributed by atoms with E-state index >= 15 is 0 Å². The summed E-state index contributed by atoms with van der Waals surface area (Å²) in [6, 6.07) is 0. The molecule has 7 heteroatoms. The van der Waals surface area contributed by atoms with E-state index in [4.69, 9.17) is 14.6 Å². The monoisotopic (exact) mass is 272 g/mol. The lowest BCUT2D eigenvalue weighted by Crippen LogP contribution is -2.63. The number of carboxylic acids is 1. The molecule has 0 aromatic heterocycles. The maximum absolute atomic E-state index is 12.0. The Kier molecular flexibility index (Phi) is 4.38. The Bertz CT molecular complexity index is 348. The van der Waals surface area contributed by atoms with Crippen LogP contribution in [-0.4, -0.2) is 84.9 Å². The highest BCUT2D eigenvalue weighted by Crippen LogP contribution is 2.24. The molecule has 0 aromatic rings. The zero-order valence-corrected chi connectivity index (χ0v) is 11.1. The van der Waals surface area contributed by atoms with E-state index in [0.29, 0.717) is 45.9 Å². The highest BCUT2D eigenvalue weighted by atomic mass is 16.5. The summed E-state index contributed by atoms with van der Waals surface area (Å²) in [5.41, 5.74) is -0.441. The number of rotatable bonds is 5. The molecule has 0 saturated carbocycles. The Hall–Kier alpha value is -1.18. The Morgan fingerprint density at radius 2 is 1.95 bits per heavy atom. The number of amides is 1. The van der Waals surface area contributed by atoms with Crippen molar-refractivity contribution in [2.24, 2.45) is 0 Å². The molecule has 7 nitrogen and oxygen atoms in total. The standard InChI is InChI=1S/C12H20N2O5/c1-12(19-7-11(16)17)8-13(9-12)6-10(15)14-2-4-18-5-3-14/h2-9H2,1H3,(H,16,17). The van der Waals surface area contributed by atoms with Crippen molar-refractivity contribution in [3.8, 4) is 0 Å². The highest BCUT2D eigenvalue weighted by molar-refractivity contribution is 5.78. The van der Waals surface area contributed by atoms with E-state index in [-0.39, 0.29) is 12.5 Å². The number of ether oxygens (including phenoxy) is 2. The fourth-order valence-corrected chi connectivity index (χ4v) is 2.44. The number of carbonyl (C=O) groups excluding carboxylic acids is 1. The largest absolute Gasteiger partial charge is 0.480 e. The van der Waals surface area contributed by atoms with Crippen molar-refractivity contribution in [3.63, 3.8) is 0 Å². The molecule has 0 aromatic carbocycles. The molecule has 2 aliphatic heterocycles. The van der Waals surface area contributed by atoms with Gasteiger partial charge >= 0.3 is 5.97 Å². The summed E-state index contributed by atoms with van der Waals surface area (Å²) in [6.07, 6.45) is 0. The molecule has 108 valence electrons. The summed E-state index contributed by atoms with van der Waals surface area (Å²) in [4.78, 5) is 26.2. The van der Waals surface area contributed by atoms with Crippen LogP contribution in [0, 0.1) is 0 Å². The molecular weight excluding hydrogens is 252 g/mol. The van der Waals surface area contributed by atoms with Gasteiger partial charge in [0.2, 0.25) is 5.91 Å². The van der Waals surface area contributed by atoms with Crippen molar-refractivity contribution in [1.29, 1.82) is 0 Å². The first kappa shape index (κ1) is 14.2. The number of morpholine rings is 1. The Labute approximate surface area is 112 Å². The number of hydrogen-bond acceptors (Lipinski definition) is 5. The number of hydrogen-bond donors (Lipinski definition) is 1. The van der Waals surface area contributed by atoms with Gasteiger partial charge in [-0.05, 0) is 6.92 Å². The average Bonchev–Trinajstić information content (AvgIpc) is 2.35. The third-order valence-electron chi connectivity index (χ3n) is 3.38. The molecule has 2 saturated heterocycles. The van der Waals surface area contributed by atoms with Gasteiger partial charge in [-0.2, -0.15) is 0 Å². The molecule has 0 aliphatic carbocycles. The summed E-state index contributed by atoms with van der Waals surface area (Å²) in [7, 11) is 0. The molecule has 1 amide bonds. The third-order valence-corrected chi connectivity index (χ3v) is 3.38. The molecule has 2 heterocycles. The van der Waals surface area contributed by atoms with Crippen molar-refractivity contribution in [2.45, 2.75) is 12.5 Å². The van der Waals surface area contributed by atoms with Crippen LogP contribution in [0.15, 0.2) is 0 Å². The van der Waals surface area contributed by atoms with Crippen molar-refractivity contribution < 1.29 is 24.2 Å². The summed E-state index contributed by atoms with van der Waals surface area (Å²) >= 11 is 0. The lowest BCUT2D eigenvalue weighted by atomic mass is 9.96. The van der Waals surface area contributed by atoms with Gasteiger partial charge < -0.3 is 19.5 Å². The van der Waals surface area contributed by atoms with Crippen molar-refractivity contribution in [1.82, 2.24) is 9.80 Å². The number of nitrogens with zero attached hydrogens (tertiary/aromatic N) is 2. The van der Waals surface area contributed by atoms with Crippen LogP contribution in [0.5, 0.6) is 0 Å². The number of likely N-dealkylation sites (tertiary alicyclic amines) is 1. The van der Waals surface area contributed by atoms with Crippen LogP contribution < -0.4 is 0 Å². The molecule has 2 fully saturated rings. The molecule has 2 rings (SSSR count). The molecule has 2 aliphatic rings. The van der Waals surface area contributed by atoms with E-state index in [1.807, 2.05) is 11.8 Å². The molecular formula is C12H20N2O5. The van der Waals surface area contributed by atoms with Crippen molar-refractivity contribution in [3.05, 3.63) is 0 Å². The van der Waals surface area contributed by atoms with Gasteiger partial charge in [-0.25, -0.2) is 4.79 Å². The summed E-state index contributed by atoms with van der Waals surface area (Å²) in [5.74, 6) is -0.868. The lowest BCUT2D eigenvalue weighted by molar-refractivity contribution is -0.168. The minimum absolute atomic E-state index is 0.101.